The molecular weight excluding hydrogens is 388 g/mol. The Morgan fingerprint density at radius 3 is 2.83 bits per heavy atom. The summed E-state index contributed by atoms with van der Waals surface area (Å²) >= 11 is 6.17. The van der Waals surface area contributed by atoms with Crippen LogP contribution in [0.4, 0.5) is 5.69 Å². The second kappa shape index (κ2) is 9.08. The largest absolute Gasteiger partial charge is 0.495 e. The highest BCUT2D eigenvalue weighted by Crippen LogP contribution is 2.33. The van der Waals surface area contributed by atoms with Crippen LogP contribution in [0.3, 0.4) is 0 Å². The number of amides is 1. The molecule has 1 aromatic carbocycles. The molecule has 29 heavy (non-hydrogen) atoms. The van der Waals surface area contributed by atoms with Gasteiger partial charge in [0.05, 0.1) is 24.9 Å². The number of benzene rings is 1. The molecule has 1 aromatic heterocycles. The van der Waals surface area contributed by atoms with E-state index < -0.39 is 0 Å². The summed E-state index contributed by atoms with van der Waals surface area (Å²) in [6, 6.07) is 5.73. The van der Waals surface area contributed by atoms with Crippen LogP contribution in [0.15, 0.2) is 18.2 Å². The van der Waals surface area contributed by atoms with Crippen molar-refractivity contribution >= 4 is 23.2 Å². The van der Waals surface area contributed by atoms with Gasteiger partial charge in [0.1, 0.15) is 5.75 Å². The summed E-state index contributed by atoms with van der Waals surface area (Å²) in [6.07, 6.45) is 1.26. The summed E-state index contributed by atoms with van der Waals surface area (Å²) in [6.45, 7) is 10.8. The molecule has 0 radical (unpaired) electrons. The number of aromatic nitrogens is 2. The molecule has 2 heterocycles. The summed E-state index contributed by atoms with van der Waals surface area (Å²) < 4.78 is 7.49. The van der Waals surface area contributed by atoms with Crippen LogP contribution in [-0.4, -0.2) is 41.9 Å². The molecule has 0 bridgehead atoms. The molecule has 6 nitrogen and oxygen atoms in total. The number of ether oxygens (including phenoxy) is 1. The van der Waals surface area contributed by atoms with Gasteiger partial charge in [0.2, 0.25) is 5.91 Å². The minimum Gasteiger partial charge on any atom is -0.495 e. The summed E-state index contributed by atoms with van der Waals surface area (Å²) in [5.74, 6) is 1.36. The van der Waals surface area contributed by atoms with Crippen LogP contribution in [0, 0.1) is 19.8 Å². The highest BCUT2D eigenvalue weighted by molar-refractivity contribution is 6.30. The van der Waals surface area contributed by atoms with E-state index in [9.17, 15) is 4.79 Å². The molecule has 7 heteroatoms. The van der Waals surface area contributed by atoms with E-state index in [1.165, 1.54) is 0 Å². The summed E-state index contributed by atoms with van der Waals surface area (Å²) in [5, 5.41) is 8.49. The lowest BCUT2D eigenvalue weighted by Gasteiger charge is -2.21. The quantitative estimate of drug-likeness (QED) is 0.743. The molecular formula is C22H31ClN4O2. The van der Waals surface area contributed by atoms with Gasteiger partial charge in [-0.25, -0.2) is 0 Å². The molecule has 1 aliphatic heterocycles. The van der Waals surface area contributed by atoms with Gasteiger partial charge in [-0.05, 0) is 44.4 Å². The third kappa shape index (κ3) is 5.04. The highest BCUT2D eigenvalue weighted by Gasteiger charge is 2.26. The molecule has 1 unspecified atom stereocenters. The number of anilines is 1. The number of hydrogen-bond acceptors (Lipinski definition) is 4. The zero-order valence-corrected chi connectivity index (χ0v) is 18.7. The molecule has 1 N–H and O–H groups in total. The maximum absolute atomic E-state index is 12.7. The van der Waals surface area contributed by atoms with Gasteiger partial charge < -0.3 is 15.0 Å². The number of aryl methyl sites for hydroxylation is 1. The first-order valence-corrected chi connectivity index (χ1v) is 10.6. The molecule has 0 saturated carbocycles. The van der Waals surface area contributed by atoms with Crippen molar-refractivity contribution in [2.45, 2.75) is 53.1 Å². The van der Waals surface area contributed by atoms with Crippen molar-refractivity contribution in [2.75, 3.05) is 25.1 Å². The fraction of sp³-hybridized carbons (Fsp3) is 0.545. The lowest BCUT2D eigenvalue weighted by atomic mass is 10.1. The van der Waals surface area contributed by atoms with Crippen LogP contribution in [0.5, 0.6) is 5.75 Å². The van der Waals surface area contributed by atoms with Crippen LogP contribution in [0.2, 0.25) is 5.02 Å². The molecule has 1 atom stereocenters. The van der Waals surface area contributed by atoms with E-state index in [1.54, 1.807) is 7.11 Å². The van der Waals surface area contributed by atoms with E-state index in [-0.39, 0.29) is 11.9 Å². The number of hydrogen-bond donors (Lipinski definition) is 1. The lowest BCUT2D eigenvalue weighted by Crippen LogP contribution is -2.38. The minimum absolute atomic E-state index is 0.0465. The Hall–Kier alpha value is -2.21. The number of nitrogens with one attached hydrogen (secondary N) is 1. The fourth-order valence-corrected chi connectivity index (χ4v) is 4.13. The minimum atomic E-state index is 0.0465. The Morgan fingerprint density at radius 1 is 1.38 bits per heavy atom. The maximum atomic E-state index is 12.7. The van der Waals surface area contributed by atoms with Gasteiger partial charge in [0, 0.05) is 42.0 Å². The maximum Gasteiger partial charge on any atom is 0.224 e. The van der Waals surface area contributed by atoms with Crippen LogP contribution in [0.1, 0.15) is 37.2 Å². The van der Waals surface area contributed by atoms with Gasteiger partial charge in [-0.1, -0.05) is 25.4 Å². The Kier molecular flexibility index (Phi) is 6.73. The van der Waals surface area contributed by atoms with E-state index in [4.69, 9.17) is 16.3 Å². The van der Waals surface area contributed by atoms with Gasteiger partial charge in [-0.2, -0.15) is 5.10 Å². The van der Waals surface area contributed by atoms with Crippen molar-refractivity contribution in [1.82, 2.24) is 15.1 Å². The van der Waals surface area contributed by atoms with Crippen molar-refractivity contribution < 1.29 is 9.53 Å². The first-order chi connectivity index (χ1) is 13.8. The Balaban J connectivity index is 1.62. The fourth-order valence-electron chi connectivity index (χ4n) is 3.96. The van der Waals surface area contributed by atoms with E-state index >= 15 is 0 Å². The number of carbonyl (C=O) groups is 1. The SMILES string of the molecule is COc1ccc(Cl)cc1N1CCC(NC(=O)Cc2c(C)nn(CC(C)C)c2C)C1. The Bertz CT molecular complexity index is 878. The Labute approximate surface area is 178 Å². The average Bonchev–Trinajstić information content (AvgIpc) is 3.21. The zero-order chi connectivity index (χ0) is 21.1. The van der Waals surface area contributed by atoms with Gasteiger partial charge >= 0.3 is 0 Å². The van der Waals surface area contributed by atoms with Crippen LogP contribution < -0.4 is 15.0 Å². The number of rotatable bonds is 7. The summed E-state index contributed by atoms with van der Waals surface area (Å²) in [4.78, 5) is 14.9. The van der Waals surface area contributed by atoms with E-state index in [1.807, 2.05) is 36.7 Å². The van der Waals surface area contributed by atoms with Gasteiger partial charge in [-0.15, -0.1) is 0 Å². The predicted octanol–water partition coefficient (Wildman–Crippen LogP) is 3.76. The number of carbonyl (C=O) groups excluding carboxylic acids is 1. The van der Waals surface area contributed by atoms with E-state index in [2.05, 4.69) is 29.2 Å². The summed E-state index contributed by atoms with van der Waals surface area (Å²) in [5.41, 5.74) is 4.03. The number of methoxy groups -OCH3 is 1. The topological polar surface area (TPSA) is 59.4 Å². The summed E-state index contributed by atoms with van der Waals surface area (Å²) in [7, 11) is 1.66. The van der Waals surface area contributed by atoms with Gasteiger partial charge in [0.15, 0.2) is 0 Å². The Morgan fingerprint density at radius 2 is 2.14 bits per heavy atom. The zero-order valence-electron chi connectivity index (χ0n) is 18.0. The molecule has 0 spiro atoms. The smallest absolute Gasteiger partial charge is 0.224 e. The molecule has 2 aromatic rings. The van der Waals surface area contributed by atoms with E-state index in [0.717, 1.165) is 54.4 Å². The second-order valence-electron chi connectivity index (χ2n) is 8.22. The predicted molar refractivity (Wildman–Crippen MR) is 117 cm³/mol. The molecule has 158 valence electrons. The van der Waals surface area contributed by atoms with Crippen LogP contribution in [0.25, 0.3) is 0 Å². The highest BCUT2D eigenvalue weighted by atomic mass is 35.5. The number of halogens is 1. The van der Waals surface area contributed by atoms with Gasteiger partial charge in [-0.3, -0.25) is 9.48 Å². The van der Waals surface area contributed by atoms with Crippen molar-refractivity contribution in [3.05, 3.63) is 40.2 Å². The van der Waals surface area contributed by atoms with Crippen molar-refractivity contribution in [1.29, 1.82) is 0 Å². The number of nitrogens with zero attached hydrogens (tertiary/aromatic N) is 3. The standard InChI is InChI=1S/C22H31ClN4O2/c1-14(2)12-27-16(4)19(15(3)25-27)11-22(28)24-18-8-9-26(13-18)20-10-17(23)6-7-21(20)29-5/h6-7,10,14,18H,8-9,11-13H2,1-5H3,(H,24,28). The first-order valence-electron chi connectivity index (χ1n) is 10.2. The van der Waals surface area contributed by atoms with E-state index in [0.29, 0.717) is 17.4 Å². The molecule has 1 aliphatic rings. The van der Waals surface area contributed by atoms with Crippen LogP contribution >= 0.6 is 11.6 Å². The normalized spacial score (nSPS) is 16.5. The molecule has 1 amide bonds. The second-order valence-corrected chi connectivity index (χ2v) is 8.65. The third-order valence-electron chi connectivity index (χ3n) is 5.44. The molecule has 1 saturated heterocycles. The third-order valence-corrected chi connectivity index (χ3v) is 5.68. The van der Waals surface area contributed by atoms with Gasteiger partial charge in [0.25, 0.3) is 0 Å². The lowest BCUT2D eigenvalue weighted by molar-refractivity contribution is -0.121. The molecule has 3 rings (SSSR count). The van der Waals surface area contributed by atoms with Crippen molar-refractivity contribution in [2.24, 2.45) is 5.92 Å². The van der Waals surface area contributed by atoms with Crippen molar-refractivity contribution in [3.63, 3.8) is 0 Å². The van der Waals surface area contributed by atoms with Crippen LogP contribution in [-0.2, 0) is 17.8 Å². The molecule has 1 fully saturated rings. The first kappa shape index (κ1) is 21.5. The monoisotopic (exact) mass is 418 g/mol. The van der Waals surface area contributed by atoms with Crippen molar-refractivity contribution in [3.8, 4) is 5.75 Å². The average molecular weight is 419 g/mol. The molecule has 0 aliphatic carbocycles.